The molecular weight excluding hydrogens is 302 g/mol. The predicted molar refractivity (Wildman–Crippen MR) is 83.3 cm³/mol. The molecule has 1 amide bonds. The van der Waals surface area contributed by atoms with Crippen molar-refractivity contribution in [3.63, 3.8) is 0 Å². The van der Waals surface area contributed by atoms with Crippen LogP contribution in [0.25, 0.3) is 0 Å². The number of amides is 1. The van der Waals surface area contributed by atoms with E-state index < -0.39 is 11.6 Å². The van der Waals surface area contributed by atoms with Gasteiger partial charge in [-0.15, -0.1) is 11.3 Å². The summed E-state index contributed by atoms with van der Waals surface area (Å²) >= 11 is 1.59. The lowest BCUT2D eigenvalue weighted by Gasteiger charge is -2.35. The normalized spacial score (nSPS) is 21.0. The van der Waals surface area contributed by atoms with Crippen molar-refractivity contribution < 1.29 is 19.8 Å². The highest BCUT2D eigenvalue weighted by Crippen LogP contribution is 2.31. The molecule has 2 aliphatic rings. The summed E-state index contributed by atoms with van der Waals surface area (Å²) in [6.07, 6.45) is 5.94. The summed E-state index contributed by atoms with van der Waals surface area (Å²) in [7, 11) is 0. The number of aliphatic hydroxyl groups is 1. The third-order valence-corrected chi connectivity index (χ3v) is 5.96. The molecule has 0 atom stereocenters. The van der Waals surface area contributed by atoms with Gasteiger partial charge in [0.05, 0.1) is 4.88 Å². The SMILES string of the molecule is O=C(c1cc2c(s1)CCCCC2)N1CCC(O)(C(=O)O)CC1. The summed E-state index contributed by atoms with van der Waals surface area (Å²) < 4.78 is 0. The molecule has 2 N–H and O–H groups in total. The first-order chi connectivity index (χ1) is 10.5. The minimum absolute atomic E-state index is 0.0227. The Morgan fingerprint density at radius 2 is 1.82 bits per heavy atom. The summed E-state index contributed by atoms with van der Waals surface area (Å²) in [6, 6.07) is 2.02. The number of hydrogen-bond donors (Lipinski definition) is 2. The highest BCUT2D eigenvalue weighted by atomic mass is 32.1. The largest absolute Gasteiger partial charge is 0.479 e. The van der Waals surface area contributed by atoms with Crippen LogP contribution >= 0.6 is 11.3 Å². The van der Waals surface area contributed by atoms with Gasteiger partial charge < -0.3 is 15.1 Å². The number of carboxylic acid groups (broad SMARTS) is 1. The maximum absolute atomic E-state index is 12.6. The topological polar surface area (TPSA) is 77.8 Å². The first kappa shape index (κ1) is 15.5. The van der Waals surface area contributed by atoms with Gasteiger partial charge >= 0.3 is 5.97 Å². The zero-order chi connectivity index (χ0) is 15.7. The van der Waals surface area contributed by atoms with Crippen LogP contribution in [0.2, 0.25) is 0 Å². The summed E-state index contributed by atoms with van der Waals surface area (Å²) in [5, 5.41) is 19.0. The summed E-state index contributed by atoms with van der Waals surface area (Å²) in [5.74, 6) is -1.21. The van der Waals surface area contributed by atoms with Gasteiger partial charge in [0.1, 0.15) is 0 Å². The van der Waals surface area contributed by atoms with Crippen LogP contribution in [0.5, 0.6) is 0 Å². The second-order valence-electron chi connectivity index (χ2n) is 6.25. The lowest BCUT2D eigenvalue weighted by molar-refractivity contribution is -0.162. The number of fused-ring (bicyclic) bond motifs is 1. The van der Waals surface area contributed by atoms with Gasteiger partial charge in [0, 0.05) is 30.8 Å². The number of aliphatic carboxylic acids is 1. The molecular formula is C16H21NO4S. The molecule has 0 bridgehead atoms. The molecule has 0 aromatic carbocycles. The summed E-state index contributed by atoms with van der Waals surface area (Å²) in [4.78, 5) is 27.4. The molecule has 0 unspecified atom stereocenters. The van der Waals surface area contributed by atoms with Crippen LogP contribution in [-0.2, 0) is 17.6 Å². The standard InChI is InChI=1S/C16H21NO4S/c18-14(17-8-6-16(21,7-9-17)15(19)20)13-10-11-4-2-1-3-5-12(11)22-13/h10,21H,1-9H2,(H,19,20). The van der Waals surface area contributed by atoms with E-state index in [1.165, 1.54) is 29.7 Å². The number of rotatable bonds is 2. The Kier molecular flexibility index (Phi) is 4.23. The van der Waals surface area contributed by atoms with Crippen LogP contribution in [0.3, 0.4) is 0 Å². The Balaban J connectivity index is 1.69. The molecule has 1 aliphatic carbocycles. The third kappa shape index (κ3) is 2.90. The van der Waals surface area contributed by atoms with Gasteiger partial charge in [0.2, 0.25) is 0 Å². The zero-order valence-electron chi connectivity index (χ0n) is 12.5. The number of carboxylic acids is 1. The molecule has 1 saturated heterocycles. The molecule has 0 saturated carbocycles. The Labute approximate surface area is 133 Å². The molecule has 1 fully saturated rings. The van der Waals surface area contributed by atoms with E-state index in [2.05, 4.69) is 0 Å². The molecule has 1 aliphatic heterocycles. The smallest absolute Gasteiger partial charge is 0.335 e. The van der Waals surface area contributed by atoms with Crippen LogP contribution in [0, 0.1) is 0 Å². The second kappa shape index (κ2) is 6.01. The first-order valence-electron chi connectivity index (χ1n) is 7.86. The molecule has 0 radical (unpaired) electrons. The van der Waals surface area contributed by atoms with Crippen molar-refractivity contribution in [2.24, 2.45) is 0 Å². The van der Waals surface area contributed by atoms with Crippen LogP contribution in [0.1, 0.15) is 52.2 Å². The fraction of sp³-hybridized carbons (Fsp3) is 0.625. The molecule has 5 nitrogen and oxygen atoms in total. The van der Waals surface area contributed by atoms with Crippen LogP contribution in [-0.4, -0.2) is 45.7 Å². The Morgan fingerprint density at radius 3 is 2.50 bits per heavy atom. The van der Waals surface area contributed by atoms with Crippen molar-refractivity contribution in [2.45, 2.75) is 50.5 Å². The van der Waals surface area contributed by atoms with E-state index in [1.807, 2.05) is 6.07 Å². The summed E-state index contributed by atoms with van der Waals surface area (Å²) in [5.41, 5.74) is -0.367. The lowest BCUT2D eigenvalue weighted by atomic mass is 9.91. The van der Waals surface area contributed by atoms with E-state index in [1.54, 1.807) is 16.2 Å². The lowest BCUT2D eigenvalue weighted by Crippen LogP contribution is -2.50. The van der Waals surface area contributed by atoms with E-state index in [0.29, 0.717) is 13.1 Å². The van der Waals surface area contributed by atoms with E-state index in [4.69, 9.17) is 5.11 Å². The number of nitrogens with zero attached hydrogens (tertiary/aromatic N) is 1. The number of hydrogen-bond acceptors (Lipinski definition) is 4. The maximum atomic E-state index is 12.6. The Morgan fingerprint density at radius 1 is 1.14 bits per heavy atom. The van der Waals surface area contributed by atoms with E-state index >= 15 is 0 Å². The van der Waals surface area contributed by atoms with Crippen LogP contribution < -0.4 is 0 Å². The molecule has 3 rings (SSSR count). The number of likely N-dealkylation sites (tertiary alicyclic amines) is 1. The average Bonchev–Trinajstić information content (AvgIpc) is 2.78. The molecule has 0 spiro atoms. The first-order valence-corrected chi connectivity index (χ1v) is 8.68. The molecule has 6 heteroatoms. The van der Waals surface area contributed by atoms with Gasteiger partial charge in [-0.2, -0.15) is 0 Å². The van der Waals surface area contributed by atoms with E-state index in [9.17, 15) is 14.7 Å². The number of thiophene rings is 1. The van der Waals surface area contributed by atoms with Gasteiger partial charge in [0.15, 0.2) is 5.60 Å². The number of carbonyl (C=O) groups is 2. The quantitative estimate of drug-likeness (QED) is 0.817. The highest BCUT2D eigenvalue weighted by Gasteiger charge is 2.40. The minimum atomic E-state index is -1.68. The Bertz CT molecular complexity index is 563. The summed E-state index contributed by atoms with van der Waals surface area (Å²) in [6.45, 7) is 0.592. The van der Waals surface area contributed by atoms with Gasteiger partial charge in [0.25, 0.3) is 5.91 Å². The number of aryl methyl sites for hydroxylation is 2. The third-order valence-electron chi connectivity index (χ3n) is 4.73. The van der Waals surface area contributed by atoms with Crippen LogP contribution in [0.15, 0.2) is 6.07 Å². The van der Waals surface area contributed by atoms with Crippen molar-refractivity contribution in [1.82, 2.24) is 4.90 Å². The van der Waals surface area contributed by atoms with Crippen molar-refractivity contribution >= 4 is 23.2 Å². The van der Waals surface area contributed by atoms with Gasteiger partial charge in [-0.25, -0.2) is 4.79 Å². The Hall–Kier alpha value is -1.40. The predicted octanol–water partition coefficient (Wildman–Crippen LogP) is 2.07. The van der Waals surface area contributed by atoms with Crippen molar-refractivity contribution in [2.75, 3.05) is 13.1 Å². The van der Waals surface area contributed by atoms with Gasteiger partial charge in [-0.1, -0.05) is 6.42 Å². The van der Waals surface area contributed by atoms with Crippen molar-refractivity contribution in [3.05, 3.63) is 21.4 Å². The van der Waals surface area contributed by atoms with Gasteiger partial charge in [-0.3, -0.25) is 4.79 Å². The van der Waals surface area contributed by atoms with Crippen LogP contribution in [0.4, 0.5) is 0 Å². The van der Waals surface area contributed by atoms with Crippen molar-refractivity contribution in [1.29, 1.82) is 0 Å². The molecule has 120 valence electrons. The van der Waals surface area contributed by atoms with Gasteiger partial charge in [-0.05, 0) is 37.3 Å². The average molecular weight is 323 g/mol. The molecule has 1 aromatic heterocycles. The number of carbonyl (C=O) groups excluding carboxylic acids is 1. The minimum Gasteiger partial charge on any atom is -0.479 e. The fourth-order valence-electron chi connectivity index (χ4n) is 3.22. The second-order valence-corrected chi connectivity index (χ2v) is 7.39. The van der Waals surface area contributed by atoms with E-state index in [0.717, 1.165) is 17.7 Å². The monoisotopic (exact) mass is 323 g/mol. The zero-order valence-corrected chi connectivity index (χ0v) is 13.3. The maximum Gasteiger partial charge on any atom is 0.335 e. The molecule has 1 aromatic rings. The molecule has 22 heavy (non-hydrogen) atoms. The number of piperidine rings is 1. The molecule has 2 heterocycles. The highest BCUT2D eigenvalue weighted by molar-refractivity contribution is 7.14. The van der Waals surface area contributed by atoms with Crippen molar-refractivity contribution in [3.8, 4) is 0 Å². The fourth-order valence-corrected chi connectivity index (χ4v) is 4.44. The van der Waals surface area contributed by atoms with E-state index in [-0.39, 0.29) is 18.7 Å².